The molecule has 1 fully saturated rings. The molecule has 2 heterocycles. The largest absolute Gasteiger partial charge is 0.381 e. The van der Waals surface area contributed by atoms with Crippen LogP contribution in [0.3, 0.4) is 0 Å². The zero-order valence-electron chi connectivity index (χ0n) is 8.81. The standard InChI is InChI=1S/C10H16N4O/c1-7-4-13-9(5-12-7)10(14-11)8-2-3-15-6-8/h4-5,8,10,14H,2-3,6,11H2,1H3. The van der Waals surface area contributed by atoms with Crippen LogP contribution in [0.15, 0.2) is 12.4 Å². The number of ether oxygens (including phenoxy) is 1. The van der Waals surface area contributed by atoms with Gasteiger partial charge < -0.3 is 4.74 Å². The van der Waals surface area contributed by atoms with Gasteiger partial charge in [-0.05, 0) is 13.3 Å². The van der Waals surface area contributed by atoms with Gasteiger partial charge in [0.15, 0.2) is 0 Å². The Kier molecular flexibility index (Phi) is 3.25. The lowest BCUT2D eigenvalue weighted by Gasteiger charge is -2.20. The minimum atomic E-state index is 0.0422. The lowest BCUT2D eigenvalue weighted by molar-refractivity contribution is 0.176. The van der Waals surface area contributed by atoms with Crippen molar-refractivity contribution in [2.24, 2.45) is 11.8 Å². The summed E-state index contributed by atoms with van der Waals surface area (Å²) in [5, 5.41) is 0. The van der Waals surface area contributed by atoms with Crippen LogP contribution in [0.25, 0.3) is 0 Å². The first-order chi connectivity index (χ1) is 7.31. The highest BCUT2D eigenvalue weighted by atomic mass is 16.5. The fourth-order valence-corrected chi connectivity index (χ4v) is 1.84. The number of nitrogens with one attached hydrogen (secondary N) is 1. The van der Waals surface area contributed by atoms with Gasteiger partial charge in [0.25, 0.3) is 0 Å². The Morgan fingerprint density at radius 2 is 2.40 bits per heavy atom. The summed E-state index contributed by atoms with van der Waals surface area (Å²) >= 11 is 0. The van der Waals surface area contributed by atoms with Gasteiger partial charge in [0.05, 0.1) is 30.2 Å². The summed E-state index contributed by atoms with van der Waals surface area (Å²) < 4.78 is 5.34. The van der Waals surface area contributed by atoms with E-state index in [1.54, 1.807) is 12.4 Å². The Balaban J connectivity index is 2.14. The molecule has 1 aliphatic heterocycles. The predicted molar refractivity (Wildman–Crippen MR) is 55.8 cm³/mol. The summed E-state index contributed by atoms with van der Waals surface area (Å²) in [7, 11) is 0. The maximum atomic E-state index is 5.55. The fraction of sp³-hybridized carbons (Fsp3) is 0.600. The molecular formula is C10H16N4O. The van der Waals surface area contributed by atoms with Crippen molar-refractivity contribution >= 4 is 0 Å². The number of hydrogen-bond acceptors (Lipinski definition) is 5. The fourth-order valence-electron chi connectivity index (χ4n) is 1.84. The molecule has 0 bridgehead atoms. The van der Waals surface area contributed by atoms with Gasteiger partial charge in [-0.15, -0.1) is 0 Å². The highest BCUT2D eigenvalue weighted by molar-refractivity contribution is 5.07. The molecule has 0 spiro atoms. The molecular weight excluding hydrogens is 192 g/mol. The number of aromatic nitrogens is 2. The highest BCUT2D eigenvalue weighted by Gasteiger charge is 2.27. The quantitative estimate of drug-likeness (QED) is 0.553. The number of rotatable bonds is 3. The molecule has 1 saturated heterocycles. The summed E-state index contributed by atoms with van der Waals surface area (Å²) in [5.41, 5.74) is 4.60. The van der Waals surface area contributed by atoms with E-state index in [-0.39, 0.29) is 6.04 Å². The van der Waals surface area contributed by atoms with Gasteiger partial charge in [0.2, 0.25) is 0 Å². The molecule has 1 aromatic rings. The molecule has 5 nitrogen and oxygen atoms in total. The van der Waals surface area contributed by atoms with E-state index in [4.69, 9.17) is 10.6 Å². The molecule has 0 aliphatic carbocycles. The van der Waals surface area contributed by atoms with Crippen LogP contribution >= 0.6 is 0 Å². The molecule has 1 aliphatic rings. The number of hydrazine groups is 1. The Morgan fingerprint density at radius 1 is 1.53 bits per heavy atom. The SMILES string of the molecule is Cc1cnc(C(NN)C2CCOC2)cn1. The molecule has 2 rings (SSSR count). The van der Waals surface area contributed by atoms with Crippen LogP contribution in [-0.2, 0) is 4.74 Å². The summed E-state index contributed by atoms with van der Waals surface area (Å²) in [6, 6.07) is 0.0422. The van der Waals surface area contributed by atoms with E-state index in [9.17, 15) is 0 Å². The zero-order chi connectivity index (χ0) is 10.7. The molecule has 1 aromatic heterocycles. The van der Waals surface area contributed by atoms with Crippen LogP contribution in [0.5, 0.6) is 0 Å². The van der Waals surface area contributed by atoms with E-state index in [1.807, 2.05) is 6.92 Å². The second-order valence-electron chi connectivity index (χ2n) is 3.85. The average molecular weight is 208 g/mol. The van der Waals surface area contributed by atoms with Gasteiger partial charge in [-0.1, -0.05) is 0 Å². The van der Waals surface area contributed by atoms with E-state index in [2.05, 4.69) is 15.4 Å². The van der Waals surface area contributed by atoms with Crippen LogP contribution in [0.4, 0.5) is 0 Å². The summed E-state index contributed by atoms with van der Waals surface area (Å²) in [5.74, 6) is 5.94. The topological polar surface area (TPSA) is 73.1 Å². The summed E-state index contributed by atoms with van der Waals surface area (Å²) in [6.45, 7) is 3.47. The predicted octanol–water partition coefficient (Wildman–Crippen LogP) is 0.326. The first-order valence-electron chi connectivity index (χ1n) is 5.13. The van der Waals surface area contributed by atoms with E-state index < -0.39 is 0 Å². The van der Waals surface area contributed by atoms with E-state index in [0.717, 1.165) is 31.0 Å². The smallest absolute Gasteiger partial charge is 0.0773 e. The van der Waals surface area contributed by atoms with Crippen LogP contribution < -0.4 is 11.3 Å². The lowest BCUT2D eigenvalue weighted by atomic mass is 9.97. The molecule has 15 heavy (non-hydrogen) atoms. The van der Waals surface area contributed by atoms with Crippen molar-refractivity contribution in [3.63, 3.8) is 0 Å². The molecule has 0 aromatic carbocycles. The molecule has 3 N–H and O–H groups in total. The van der Waals surface area contributed by atoms with Gasteiger partial charge in [-0.3, -0.25) is 21.2 Å². The van der Waals surface area contributed by atoms with Crippen LogP contribution in [0.2, 0.25) is 0 Å². The van der Waals surface area contributed by atoms with Crippen LogP contribution in [0, 0.1) is 12.8 Å². The number of hydrogen-bond donors (Lipinski definition) is 2. The monoisotopic (exact) mass is 208 g/mol. The van der Waals surface area contributed by atoms with Gasteiger partial charge in [0.1, 0.15) is 0 Å². The Morgan fingerprint density at radius 3 is 2.93 bits per heavy atom. The van der Waals surface area contributed by atoms with Crippen molar-refractivity contribution in [3.8, 4) is 0 Å². The second kappa shape index (κ2) is 4.65. The summed E-state index contributed by atoms with van der Waals surface area (Å²) in [4.78, 5) is 8.55. The second-order valence-corrected chi connectivity index (χ2v) is 3.85. The normalized spacial score (nSPS) is 22.9. The average Bonchev–Trinajstić information content (AvgIpc) is 2.75. The Bertz CT molecular complexity index is 308. The molecule has 0 amide bonds. The zero-order valence-corrected chi connectivity index (χ0v) is 8.81. The minimum Gasteiger partial charge on any atom is -0.381 e. The van der Waals surface area contributed by atoms with Crippen molar-refractivity contribution in [1.29, 1.82) is 0 Å². The maximum absolute atomic E-state index is 5.55. The molecule has 2 unspecified atom stereocenters. The molecule has 82 valence electrons. The van der Waals surface area contributed by atoms with Crippen molar-refractivity contribution in [1.82, 2.24) is 15.4 Å². The van der Waals surface area contributed by atoms with Crippen LogP contribution in [0.1, 0.15) is 23.9 Å². The van der Waals surface area contributed by atoms with E-state index in [1.165, 1.54) is 0 Å². The van der Waals surface area contributed by atoms with Crippen molar-refractivity contribution < 1.29 is 4.74 Å². The molecule has 5 heteroatoms. The number of nitrogens with two attached hydrogens (primary N) is 1. The molecule has 0 saturated carbocycles. The first-order valence-corrected chi connectivity index (χ1v) is 5.13. The van der Waals surface area contributed by atoms with Gasteiger partial charge in [0, 0.05) is 18.7 Å². The van der Waals surface area contributed by atoms with Crippen molar-refractivity contribution in [2.75, 3.05) is 13.2 Å². The van der Waals surface area contributed by atoms with E-state index >= 15 is 0 Å². The third-order valence-corrected chi connectivity index (χ3v) is 2.74. The lowest BCUT2D eigenvalue weighted by Crippen LogP contribution is -2.34. The van der Waals surface area contributed by atoms with Gasteiger partial charge >= 0.3 is 0 Å². The minimum absolute atomic E-state index is 0.0422. The number of nitrogens with zero attached hydrogens (tertiary/aromatic N) is 2. The Hall–Kier alpha value is -1.04. The van der Waals surface area contributed by atoms with Crippen molar-refractivity contribution in [2.45, 2.75) is 19.4 Å². The molecule has 0 radical (unpaired) electrons. The van der Waals surface area contributed by atoms with Crippen LogP contribution in [-0.4, -0.2) is 23.2 Å². The third-order valence-electron chi connectivity index (χ3n) is 2.74. The van der Waals surface area contributed by atoms with Gasteiger partial charge in [-0.2, -0.15) is 0 Å². The molecule has 2 atom stereocenters. The maximum Gasteiger partial charge on any atom is 0.0773 e. The first kappa shape index (κ1) is 10.5. The summed E-state index contributed by atoms with van der Waals surface area (Å²) in [6.07, 6.45) is 4.55. The number of aryl methyl sites for hydroxylation is 1. The van der Waals surface area contributed by atoms with Gasteiger partial charge in [-0.25, -0.2) is 0 Å². The highest BCUT2D eigenvalue weighted by Crippen LogP contribution is 2.26. The Labute approximate surface area is 89.0 Å². The van der Waals surface area contributed by atoms with Crippen molar-refractivity contribution in [3.05, 3.63) is 23.8 Å². The third kappa shape index (κ3) is 2.31. The van der Waals surface area contributed by atoms with E-state index in [0.29, 0.717) is 5.92 Å².